The average molecular weight is 249 g/mol. The molecule has 0 bridgehead atoms. The Labute approximate surface area is 113 Å². The standard InChI is InChI=1S/C17H31N/c1-13-6-2-5-9-17(13)18-16-11-10-14-7-3-4-8-15(14)12-16/h13-18H,2-12H2,1H3. The van der Waals surface area contributed by atoms with E-state index in [9.17, 15) is 0 Å². The van der Waals surface area contributed by atoms with Gasteiger partial charge >= 0.3 is 0 Å². The molecule has 3 saturated carbocycles. The number of hydrogen-bond acceptors (Lipinski definition) is 1. The van der Waals surface area contributed by atoms with E-state index in [1.165, 1.54) is 70.6 Å². The molecule has 104 valence electrons. The van der Waals surface area contributed by atoms with Gasteiger partial charge in [0.2, 0.25) is 0 Å². The summed E-state index contributed by atoms with van der Waals surface area (Å²) in [6, 6.07) is 1.69. The highest BCUT2D eigenvalue weighted by Gasteiger charge is 2.33. The van der Waals surface area contributed by atoms with E-state index in [1.54, 1.807) is 0 Å². The Kier molecular flexibility index (Phi) is 4.28. The van der Waals surface area contributed by atoms with Gasteiger partial charge in [-0.25, -0.2) is 0 Å². The molecule has 18 heavy (non-hydrogen) atoms. The molecule has 1 nitrogen and oxygen atoms in total. The van der Waals surface area contributed by atoms with Crippen molar-refractivity contribution >= 4 is 0 Å². The van der Waals surface area contributed by atoms with Crippen LogP contribution in [-0.4, -0.2) is 12.1 Å². The van der Waals surface area contributed by atoms with Crippen molar-refractivity contribution in [2.45, 2.75) is 89.6 Å². The highest BCUT2D eigenvalue weighted by molar-refractivity contribution is 4.89. The molecule has 0 saturated heterocycles. The molecule has 0 heterocycles. The Morgan fingerprint density at radius 3 is 2.28 bits per heavy atom. The van der Waals surface area contributed by atoms with Crippen molar-refractivity contribution in [2.75, 3.05) is 0 Å². The smallest absolute Gasteiger partial charge is 0.00952 e. The van der Waals surface area contributed by atoms with Crippen molar-refractivity contribution in [3.8, 4) is 0 Å². The second-order valence-electron chi connectivity index (χ2n) is 7.35. The van der Waals surface area contributed by atoms with Gasteiger partial charge in [-0.3, -0.25) is 0 Å². The van der Waals surface area contributed by atoms with Crippen molar-refractivity contribution in [3.05, 3.63) is 0 Å². The van der Waals surface area contributed by atoms with Gasteiger partial charge in [-0.15, -0.1) is 0 Å². The van der Waals surface area contributed by atoms with Crippen molar-refractivity contribution in [2.24, 2.45) is 17.8 Å². The van der Waals surface area contributed by atoms with E-state index >= 15 is 0 Å². The van der Waals surface area contributed by atoms with Crippen LogP contribution in [0.15, 0.2) is 0 Å². The first kappa shape index (κ1) is 13.0. The van der Waals surface area contributed by atoms with E-state index in [-0.39, 0.29) is 0 Å². The summed E-state index contributed by atoms with van der Waals surface area (Å²) in [6.45, 7) is 2.46. The molecule has 3 aliphatic rings. The van der Waals surface area contributed by atoms with Crippen molar-refractivity contribution < 1.29 is 0 Å². The second kappa shape index (κ2) is 5.94. The zero-order chi connectivity index (χ0) is 12.4. The molecule has 5 atom stereocenters. The molecule has 3 aliphatic carbocycles. The predicted octanol–water partition coefficient (Wildman–Crippen LogP) is 4.51. The van der Waals surface area contributed by atoms with Crippen molar-refractivity contribution in [1.29, 1.82) is 0 Å². The molecule has 5 unspecified atom stereocenters. The molecule has 3 fully saturated rings. The van der Waals surface area contributed by atoms with Gasteiger partial charge < -0.3 is 5.32 Å². The summed E-state index contributed by atoms with van der Waals surface area (Å²) in [6.07, 6.45) is 16.4. The minimum Gasteiger partial charge on any atom is -0.311 e. The normalized spacial score (nSPS) is 45.5. The summed E-state index contributed by atoms with van der Waals surface area (Å²) < 4.78 is 0. The SMILES string of the molecule is CC1CCCCC1NC1CCC2CCCCC2C1. The average Bonchev–Trinajstić information content (AvgIpc) is 2.41. The summed E-state index contributed by atoms with van der Waals surface area (Å²) in [7, 11) is 0. The highest BCUT2D eigenvalue weighted by atomic mass is 15.0. The molecule has 0 aromatic carbocycles. The molecular formula is C17H31N. The molecule has 1 heteroatoms. The molecule has 0 radical (unpaired) electrons. The second-order valence-corrected chi connectivity index (χ2v) is 7.35. The minimum absolute atomic E-state index is 0.837. The minimum atomic E-state index is 0.837. The maximum absolute atomic E-state index is 4.04. The van der Waals surface area contributed by atoms with Crippen LogP contribution < -0.4 is 5.32 Å². The topological polar surface area (TPSA) is 12.0 Å². The van der Waals surface area contributed by atoms with E-state index in [0.717, 1.165) is 29.8 Å². The first-order chi connectivity index (χ1) is 8.83. The molecule has 0 amide bonds. The van der Waals surface area contributed by atoms with Crippen LogP contribution in [0.5, 0.6) is 0 Å². The van der Waals surface area contributed by atoms with Gasteiger partial charge in [-0.2, -0.15) is 0 Å². The summed E-state index contributed by atoms with van der Waals surface area (Å²) >= 11 is 0. The maximum atomic E-state index is 4.04. The lowest BCUT2D eigenvalue weighted by molar-refractivity contribution is 0.127. The van der Waals surface area contributed by atoms with E-state index in [0.29, 0.717) is 0 Å². The molecule has 3 rings (SSSR count). The Morgan fingerprint density at radius 1 is 0.722 bits per heavy atom. The fourth-order valence-corrected chi connectivity index (χ4v) is 4.89. The van der Waals surface area contributed by atoms with E-state index < -0.39 is 0 Å². The van der Waals surface area contributed by atoms with Crippen molar-refractivity contribution in [3.63, 3.8) is 0 Å². The third-order valence-electron chi connectivity index (χ3n) is 6.10. The molecule has 0 aromatic rings. The summed E-state index contributed by atoms with van der Waals surface area (Å²) in [5.74, 6) is 3.09. The van der Waals surface area contributed by atoms with Gasteiger partial charge in [0.05, 0.1) is 0 Å². The molecular weight excluding hydrogens is 218 g/mol. The van der Waals surface area contributed by atoms with Gasteiger partial charge in [0.1, 0.15) is 0 Å². The Hall–Kier alpha value is -0.0400. The zero-order valence-electron chi connectivity index (χ0n) is 12.2. The van der Waals surface area contributed by atoms with Gasteiger partial charge in [-0.05, 0) is 49.9 Å². The zero-order valence-corrected chi connectivity index (χ0v) is 12.2. The maximum Gasteiger partial charge on any atom is 0.00952 e. The van der Waals surface area contributed by atoms with Gasteiger partial charge in [0.15, 0.2) is 0 Å². The fraction of sp³-hybridized carbons (Fsp3) is 1.00. The third-order valence-corrected chi connectivity index (χ3v) is 6.10. The number of hydrogen-bond donors (Lipinski definition) is 1. The third kappa shape index (κ3) is 2.92. The van der Waals surface area contributed by atoms with E-state index in [2.05, 4.69) is 12.2 Å². The molecule has 0 spiro atoms. The summed E-state index contributed by atoms with van der Waals surface area (Å²) in [5.41, 5.74) is 0. The predicted molar refractivity (Wildman–Crippen MR) is 77.6 cm³/mol. The quantitative estimate of drug-likeness (QED) is 0.759. The van der Waals surface area contributed by atoms with Crippen LogP contribution in [0.1, 0.15) is 77.6 Å². The van der Waals surface area contributed by atoms with Crippen LogP contribution in [0.25, 0.3) is 0 Å². The van der Waals surface area contributed by atoms with Crippen LogP contribution in [-0.2, 0) is 0 Å². The first-order valence-electron chi connectivity index (χ1n) is 8.59. The largest absolute Gasteiger partial charge is 0.311 e. The van der Waals surface area contributed by atoms with Crippen molar-refractivity contribution in [1.82, 2.24) is 5.32 Å². The van der Waals surface area contributed by atoms with Crippen LogP contribution in [0.2, 0.25) is 0 Å². The molecule has 0 aliphatic heterocycles. The molecule has 1 N–H and O–H groups in total. The first-order valence-corrected chi connectivity index (χ1v) is 8.59. The van der Waals surface area contributed by atoms with Crippen LogP contribution >= 0.6 is 0 Å². The Morgan fingerprint density at radius 2 is 1.44 bits per heavy atom. The van der Waals surface area contributed by atoms with Crippen LogP contribution in [0.4, 0.5) is 0 Å². The fourth-order valence-electron chi connectivity index (χ4n) is 4.89. The molecule has 0 aromatic heterocycles. The van der Waals surface area contributed by atoms with E-state index in [1.807, 2.05) is 0 Å². The summed E-state index contributed by atoms with van der Waals surface area (Å²) in [5, 5.41) is 4.04. The van der Waals surface area contributed by atoms with Crippen LogP contribution in [0, 0.1) is 17.8 Å². The van der Waals surface area contributed by atoms with Gasteiger partial charge in [-0.1, -0.05) is 45.4 Å². The van der Waals surface area contributed by atoms with Gasteiger partial charge in [0, 0.05) is 12.1 Å². The Bertz CT molecular complexity index is 262. The summed E-state index contributed by atoms with van der Waals surface area (Å²) in [4.78, 5) is 0. The Balaban J connectivity index is 1.51. The van der Waals surface area contributed by atoms with Gasteiger partial charge in [0.25, 0.3) is 0 Å². The lowest BCUT2D eigenvalue weighted by Crippen LogP contribution is -2.47. The van der Waals surface area contributed by atoms with Crippen LogP contribution in [0.3, 0.4) is 0 Å². The highest BCUT2D eigenvalue weighted by Crippen LogP contribution is 2.40. The number of rotatable bonds is 2. The number of nitrogens with one attached hydrogen (secondary N) is 1. The monoisotopic (exact) mass is 249 g/mol. The lowest BCUT2D eigenvalue weighted by Gasteiger charge is -2.42. The number of fused-ring (bicyclic) bond motifs is 1. The van der Waals surface area contributed by atoms with E-state index in [4.69, 9.17) is 0 Å². The lowest BCUT2D eigenvalue weighted by atomic mass is 9.69.